The van der Waals surface area contributed by atoms with Gasteiger partial charge in [-0.2, -0.15) is 0 Å². The number of pyridine rings is 1. The first-order valence-electron chi connectivity index (χ1n) is 6.98. The normalized spacial score (nSPS) is 25.2. The van der Waals surface area contributed by atoms with Crippen LogP contribution in [0.15, 0.2) is 36.2 Å². The molecule has 3 N–H and O–H groups in total. The molecule has 2 rings (SSSR count). The Morgan fingerprint density at radius 1 is 1.35 bits per heavy atom. The van der Waals surface area contributed by atoms with Gasteiger partial charge in [0.1, 0.15) is 0 Å². The molecule has 1 aliphatic heterocycles. The van der Waals surface area contributed by atoms with Crippen molar-refractivity contribution in [3.8, 4) is 0 Å². The number of allylic oxidation sites excluding steroid dienone is 1. The van der Waals surface area contributed by atoms with Crippen molar-refractivity contribution in [3.63, 3.8) is 0 Å². The summed E-state index contributed by atoms with van der Waals surface area (Å²) in [5.74, 6) is 0.241. The number of carbonyl (C=O) groups excluding carboxylic acids is 1. The summed E-state index contributed by atoms with van der Waals surface area (Å²) in [5.41, 5.74) is 8.62. The first-order chi connectivity index (χ1) is 9.61. The predicted molar refractivity (Wildman–Crippen MR) is 78.4 cm³/mol. The van der Waals surface area contributed by atoms with Crippen LogP contribution in [0, 0.1) is 5.92 Å². The number of hydrogen-bond acceptors (Lipinski definition) is 4. The predicted octanol–water partition coefficient (Wildman–Crippen LogP) is 1.67. The fraction of sp³-hybridized carbons (Fsp3) is 0.467. The minimum absolute atomic E-state index is 0.0573. The van der Waals surface area contributed by atoms with Crippen LogP contribution in [-0.4, -0.2) is 17.1 Å². The maximum Gasteiger partial charge on any atom is 0.245 e. The Kier molecular flexibility index (Phi) is 4.87. The standard InChI is InChI=1S/C15H22N4O/c1-4-12-14(11-5-7-16-8-6-11)18-19-15(12)17-13(20)9-10(2)3/h5-9,12,14-15,18-19H,4H2,1-3H3,(H,17,20). The lowest BCUT2D eigenvalue weighted by Gasteiger charge is -2.22. The second kappa shape index (κ2) is 6.63. The van der Waals surface area contributed by atoms with Crippen molar-refractivity contribution in [2.75, 3.05) is 0 Å². The van der Waals surface area contributed by atoms with E-state index in [9.17, 15) is 4.79 Å². The van der Waals surface area contributed by atoms with Gasteiger partial charge in [-0.15, -0.1) is 0 Å². The van der Waals surface area contributed by atoms with Crippen LogP contribution >= 0.6 is 0 Å². The molecule has 5 nitrogen and oxygen atoms in total. The Balaban J connectivity index is 2.07. The van der Waals surface area contributed by atoms with E-state index in [0.29, 0.717) is 5.92 Å². The van der Waals surface area contributed by atoms with Gasteiger partial charge in [0, 0.05) is 24.4 Å². The zero-order chi connectivity index (χ0) is 14.5. The number of nitrogens with zero attached hydrogens (tertiary/aromatic N) is 1. The summed E-state index contributed by atoms with van der Waals surface area (Å²) < 4.78 is 0. The Morgan fingerprint density at radius 2 is 2.05 bits per heavy atom. The Labute approximate surface area is 119 Å². The summed E-state index contributed by atoms with van der Waals surface area (Å²) >= 11 is 0. The van der Waals surface area contributed by atoms with Crippen molar-refractivity contribution in [2.24, 2.45) is 5.92 Å². The van der Waals surface area contributed by atoms with E-state index in [1.165, 1.54) is 5.56 Å². The van der Waals surface area contributed by atoms with E-state index in [1.807, 2.05) is 26.0 Å². The fourth-order valence-electron chi connectivity index (χ4n) is 2.56. The highest BCUT2D eigenvalue weighted by Crippen LogP contribution is 2.29. The number of rotatable bonds is 4. The Morgan fingerprint density at radius 3 is 2.65 bits per heavy atom. The van der Waals surface area contributed by atoms with Gasteiger partial charge in [-0.1, -0.05) is 12.5 Å². The molecule has 0 saturated carbocycles. The number of hydrazine groups is 1. The molecule has 0 bridgehead atoms. The third kappa shape index (κ3) is 3.43. The minimum atomic E-state index is -0.0683. The van der Waals surface area contributed by atoms with Gasteiger partial charge in [0.25, 0.3) is 0 Å². The molecule has 5 heteroatoms. The van der Waals surface area contributed by atoms with E-state index in [0.717, 1.165) is 12.0 Å². The van der Waals surface area contributed by atoms with E-state index in [-0.39, 0.29) is 18.1 Å². The Bertz CT molecular complexity index is 482. The lowest BCUT2D eigenvalue weighted by molar-refractivity contribution is -0.117. The fourth-order valence-corrected chi connectivity index (χ4v) is 2.56. The maximum absolute atomic E-state index is 11.8. The quantitative estimate of drug-likeness (QED) is 0.731. The van der Waals surface area contributed by atoms with E-state index >= 15 is 0 Å². The van der Waals surface area contributed by atoms with Crippen LogP contribution in [0.2, 0.25) is 0 Å². The summed E-state index contributed by atoms with van der Waals surface area (Å²) in [5, 5.41) is 3.01. The second-order valence-electron chi connectivity index (χ2n) is 5.33. The van der Waals surface area contributed by atoms with Crippen LogP contribution in [0.1, 0.15) is 38.8 Å². The SMILES string of the molecule is CCC1C(NC(=O)C=C(C)C)NNC1c1ccncc1. The van der Waals surface area contributed by atoms with Gasteiger partial charge < -0.3 is 5.32 Å². The molecule has 0 spiro atoms. The molecule has 20 heavy (non-hydrogen) atoms. The highest BCUT2D eigenvalue weighted by molar-refractivity contribution is 5.88. The molecule has 108 valence electrons. The second-order valence-corrected chi connectivity index (χ2v) is 5.33. The molecule has 0 radical (unpaired) electrons. The summed E-state index contributed by atoms with van der Waals surface area (Å²) in [6.45, 7) is 5.96. The van der Waals surface area contributed by atoms with Crippen molar-refractivity contribution in [1.82, 2.24) is 21.2 Å². The average Bonchev–Trinajstić information content (AvgIpc) is 2.81. The van der Waals surface area contributed by atoms with Gasteiger partial charge in [0.2, 0.25) is 5.91 Å². The van der Waals surface area contributed by atoms with Crippen LogP contribution in [0.3, 0.4) is 0 Å². The van der Waals surface area contributed by atoms with Crippen molar-refractivity contribution < 1.29 is 4.79 Å². The van der Waals surface area contributed by atoms with Crippen molar-refractivity contribution >= 4 is 5.91 Å². The highest BCUT2D eigenvalue weighted by Gasteiger charge is 2.35. The van der Waals surface area contributed by atoms with Crippen LogP contribution < -0.4 is 16.2 Å². The molecule has 1 aliphatic rings. The van der Waals surface area contributed by atoms with Gasteiger partial charge in [0.05, 0.1) is 12.2 Å². The van der Waals surface area contributed by atoms with E-state index in [1.54, 1.807) is 18.5 Å². The number of aromatic nitrogens is 1. The van der Waals surface area contributed by atoms with Gasteiger partial charge in [-0.3, -0.25) is 9.78 Å². The highest BCUT2D eigenvalue weighted by atomic mass is 16.1. The van der Waals surface area contributed by atoms with Crippen molar-refractivity contribution in [3.05, 3.63) is 41.7 Å². The lowest BCUT2D eigenvalue weighted by atomic mass is 9.91. The molecular weight excluding hydrogens is 252 g/mol. The van der Waals surface area contributed by atoms with Crippen LogP contribution in [0.25, 0.3) is 0 Å². The van der Waals surface area contributed by atoms with Gasteiger partial charge in [0.15, 0.2) is 0 Å². The van der Waals surface area contributed by atoms with Crippen LogP contribution in [0.4, 0.5) is 0 Å². The molecule has 0 aliphatic carbocycles. The van der Waals surface area contributed by atoms with Crippen LogP contribution in [-0.2, 0) is 4.79 Å². The van der Waals surface area contributed by atoms with E-state index < -0.39 is 0 Å². The summed E-state index contributed by atoms with van der Waals surface area (Å²) in [7, 11) is 0. The minimum Gasteiger partial charge on any atom is -0.336 e. The average molecular weight is 274 g/mol. The van der Waals surface area contributed by atoms with Crippen molar-refractivity contribution in [1.29, 1.82) is 0 Å². The molecule has 2 heterocycles. The molecule has 0 aromatic carbocycles. The summed E-state index contributed by atoms with van der Waals surface area (Å²) in [6.07, 6.45) is 6.10. The van der Waals surface area contributed by atoms with Crippen molar-refractivity contribution in [2.45, 2.75) is 39.4 Å². The zero-order valence-corrected chi connectivity index (χ0v) is 12.2. The molecule has 1 saturated heterocycles. The van der Waals surface area contributed by atoms with Gasteiger partial charge in [-0.25, -0.2) is 10.9 Å². The molecule has 1 fully saturated rings. The first-order valence-corrected chi connectivity index (χ1v) is 6.98. The number of carbonyl (C=O) groups is 1. The number of nitrogens with one attached hydrogen (secondary N) is 3. The first kappa shape index (κ1) is 14.7. The third-order valence-corrected chi connectivity index (χ3v) is 3.50. The number of amides is 1. The molecular formula is C15H22N4O. The van der Waals surface area contributed by atoms with Gasteiger partial charge >= 0.3 is 0 Å². The molecule has 3 unspecified atom stereocenters. The Hall–Kier alpha value is -1.72. The topological polar surface area (TPSA) is 66.1 Å². The van der Waals surface area contributed by atoms with E-state index in [2.05, 4.69) is 28.1 Å². The van der Waals surface area contributed by atoms with E-state index in [4.69, 9.17) is 0 Å². The lowest BCUT2D eigenvalue weighted by Crippen LogP contribution is -2.46. The summed E-state index contributed by atoms with van der Waals surface area (Å²) in [4.78, 5) is 15.9. The summed E-state index contributed by atoms with van der Waals surface area (Å²) in [6, 6.07) is 4.19. The third-order valence-electron chi connectivity index (χ3n) is 3.50. The largest absolute Gasteiger partial charge is 0.336 e. The molecule has 1 amide bonds. The monoisotopic (exact) mass is 274 g/mol. The van der Waals surface area contributed by atoms with Gasteiger partial charge in [-0.05, 0) is 38.0 Å². The molecule has 1 aromatic heterocycles. The molecule has 3 atom stereocenters. The smallest absolute Gasteiger partial charge is 0.245 e. The molecule has 1 aromatic rings. The maximum atomic E-state index is 11.8. The van der Waals surface area contributed by atoms with Crippen LogP contribution in [0.5, 0.6) is 0 Å². The number of hydrogen-bond donors (Lipinski definition) is 3. The zero-order valence-electron chi connectivity index (χ0n) is 12.2.